The minimum Gasteiger partial charge on any atom is -0.354 e. The van der Waals surface area contributed by atoms with Gasteiger partial charge in [-0.2, -0.15) is 0 Å². The van der Waals surface area contributed by atoms with E-state index >= 15 is 0 Å². The van der Waals surface area contributed by atoms with E-state index in [-0.39, 0.29) is 0 Å². The predicted octanol–water partition coefficient (Wildman–Crippen LogP) is 9.75. The average Bonchev–Trinajstić information content (AvgIpc) is 3.53. The highest BCUT2D eigenvalue weighted by atomic mass is 15.0. The molecule has 0 radical (unpaired) electrons. The van der Waals surface area contributed by atoms with Crippen LogP contribution in [0.15, 0.2) is 140 Å². The number of rotatable bonds is 3. The van der Waals surface area contributed by atoms with Crippen LogP contribution in [0.25, 0.3) is 71.6 Å². The van der Waals surface area contributed by atoms with Gasteiger partial charge in [0.2, 0.25) is 0 Å². The summed E-state index contributed by atoms with van der Waals surface area (Å²) in [4.78, 5) is 3.62. The van der Waals surface area contributed by atoms with E-state index in [1.54, 1.807) is 0 Å². The summed E-state index contributed by atoms with van der Waals surface area (Å²) in [6.45, 7) is 0. The number of hydrogen-bond donors (Lipinski definition) is 1. The van der Waals surface area contributed by atoms with Gasteiger partial charge in [-0.1, -0.05) is 109 Å². The topological polar surface area (TPSA) is 20.7 Å². The van der Waals surface area contributed by atoms with E-state index in [1.165, 1.54) is 71.6 Å². The van der Waals surface area contributed by atoms with Gasteiger partial charge in [0.25, 0.3) is 0 Å². The Morgan fingerprint density at radius 3 is 1.89 bits per heavy atom. The molecule has 6 aromatic carbocycles. The summed E-state index contributed by atoms with van der Waals surface area (Å²) in [7, 11) is 0. The summed E-state index contributed by atoms with van der Waals surface area (Å²) in [6, 6.07) is 50.1. The Morgan fingerprint density at radius 1 is 0.395 bits per heavy atom. The summed E-state index contributed by atoms with van der Waals surface area (Å²) in [6.07, 6.45) is 0. The largest absolute Gasteiger partial charge is 0.354 e. The van der Waals surface area contributed by atoms with Crippen molar-refractivity contribution in [2.75, 3.05) is 0 Å². The molecule has 0 spiro atoms. The van der Waals surface area contributed by atoms with E-state index in [9.17, 15) is 0 Å². The molecular weight excluding hydrogens is 460 g/mol. The third kappa shape index (κ3) is 3.01. The summed E-state index contributed by atoms with van der Waals surface area (Å²) >= 11 is 0. The molecule has 8 aromatic rings. The Bertz CT molecular complexity index is 2130. The molecule has 38 heavy (non-hydrogen) atoms. The highest BCUT2D eigenvalue weighted by Crippen LogP contribution is 2.43. The number of aromatic nitrogens is 2. The van der Waals surface area contributed by atoms with Crippen molar-refractivity contribution in [3.05, 3.63) is 140 Å². The smallest absolute Gasteiger partial charge is 0.0547 e. The number of aromatic amines is 1. The second kappa shape index (κ2) is 8.22. The molecule has 0 fully saturated rings. The third-order valence-electron chi connectivity index (χ3n) is 7.75. The van der Waals surface area contributed by atoms with E-state index in [1.807, 2.05) is 0 Å². The molecular formula is C36H24N2. The van der Waals surface area contributed by atoms with Crippen LogP contribution in [-0.2, 0) is 0 Å². The quantitative estimate of drug-likeness (QED) is 0.258. The van der Waals surface area contributed by atoms with Crippen LogP contribution in [0.4, 0.5) is 0 Å². The SMILES string of the molecule is c1ccc(-c2ccccc2-n2c3ccccc3c3c(-c4cccc5[nH]c6ccccc6c45)cccc32)cc1. The molecule has 2 aromatic heterocycles. The molecule has 178 valence electrons. The second-order valence-corrected chi connectivity index (χ2v) is 9.83. The number of benzene rings is 6. The van der Waals surface area contributed by atoms with Crippen LogP contribution in [0.5, 0.6) is 0 Å². The van der Waals surface area contributed by atoms with Crippen molar-refractivity contribution in [2.24, 2.45) is 0 Å². The van der Waals surface area contributed by atoms with Crippen LogP contribution in [0.2, 0.25) is 0 Å². The van der Waals surface area contributed by atoms with Crippen LogP contribution in [0.1, 0.15) is 0 Å². The summed E-state index contributed by atoms with van der Waals surface area (Å²) in [5.74, 6) is 0. The Morgan fingerprint density at radius 2 is 1.00 bits per heavy atom. The minimum atomic E-state index is 1.17. The number of hydrogen-bond acceptors (Lipinski definition) is 0. The van der Waals surface area contributed by atoms with Gasteiger partial charge >= 0.3 is 0 Å². The van der Waals surface area contributed by atoms with Gasteiger partial charge in [-0.05, 0) is 47.0 Å². The van der Waals surface area contributed by atoms with Gasteiger partial charge in [-0.25, -0.2) is 0 Å². The Kier molecular flexibility index (Phi) is 4.55. The van der Waals surface area contributed by atoms with Crippen molar-refractivity contribution < 1.29 is 0 Å². The summed E-state index contributed by atoms with van der Waals surface area (Å²) in [5, 5.41) is 5.08. The monoisotopic (exact) mass is 484 g/mol. The second-order valence-electron chi connectivity index (χ2n) is 9.83. The molecule has 0 aliphatic heterocycles. The molecule has 0 bridgehead atoms. The van der Waals surface area contributed by atoms with Crippen LogP contribution >= 0.6 is 0 Å². The van der Waals surface area contributed by atoms with Crippen LogP contribution in [0.3, 0.4) is 0 Å². The molecule has 0 unspecified atom stereocenters. The zero-order valence-corrected chi connectivity index (χ0v) is 20.7. The Labute approximate surface area is 220 Å². The van der Waals surface area contributed by atoms with Gasteiger partial charge in [0.05, 0.1) is 16.7 Å². The van der Waals surface area contributed by atoms with E-state index in [4.69, 9.17) is 0 Å². The first kappa shape index (κ1) is 21.0. The first-order chi connectivity index (χ1) is 18.9. The fraction of sp³-hybridized carbons (Fsp3) is 0. The molecule has 8 rings (SSSR count). The van der Waals surface area contributed by atoms with Crippen LogP contribution in [-0.4, -0.2) is 9.55 Å². The van der Waals surface area contributed by atoms with Crippen molar-refractivity contribution in [3.63, 3.8) is 0 Å². The highest BCUT2D eigenvalue weighted by Gasteiger charge is 2.19. The van der Waals surface area contributed by atoms with Gasteiger partial charge in [-0.15, -0.1) is 0 Å². The van der Waals surface area contributed by atoms with Gasteiger partial charge in [0, 0.05) is 38.1 Å². The average molecular weight is 485 g/mol. The van der Waals surface area contributed by atoms with E-state index in [0.717, 1.165) is 0 Å². The molecule has 0 amide bonds. The maximum atomic E-state index is 3.62. The van der Waals surface area contributed by atoms with E-state index in [0.29, 0.717) is 0 Å². The molecule has 0 saturated heterocycles. The molecule has 2 nitrogen and oxygen atoms in total. The van der Waals surface area contributed by atoms with Crippen molar-refractivity contribution in [1.82, 2.24) is 9.55 Å². The lowest BCUT2D eigenvalue weighted by Crippen LogP contribution is -1.97. The van der Waals surface area contributed by atoms with Crippen molar-refractivity contribution in [2.45, 2.75) is 0 Å². The molecule has 0 saturated carbocycles. The van der Waals surface area contributed by atoms with Crippen LogP contribution in [0, 0.1) is 0 Å². The summed E-state index contributed by atoms with van der Waals surface area (Å²) in [5.41, 5.74) is 10.9. The number of para-hydroxylation sites is 3. The zero-order valence-electron chi connectivity index (χ0n) is 20.7. The molecule has 0 aliphatic rings. The maximum absolute atomic E-state index is 3.62. The highest BCUT2D eigenvalue weighted by molar-refractivity contribution is 6.21. The number of fused-ring (bicyclic) bond motifs is 6. The van der Waals surface area contributed by atoms with Gasteiger partial charge in [-0.3, -0.25) is 0 Å². The molecule has 0 aliphatic carbocycles. The standard InChI is InChI=1S/C36H24N2/c1-2-12-24(13-3-1)25-14-5-8-21-32(25)38-33-22-9-6-16-29(33)36-27(18-11-23-34(36)38)26-17-10-20-31-35(26)28-15-4-7-19-30(28)37-31/h1-23,37H. The molecule has 0 atom stereocenters. The lowest BCUT2D eigenvalue weighted by Gasteiger charge is -2.14. The van der Waals surface area contributed by atoms with Gasteiger partial charge < -0.3 is 9.55 Å². The normalized spacial score (nSPS) is 11.7. The van der Waals surface area contributed by atoms with Crippen molar-refractivity contribution >= 4 is 43.6 Å². The fourth-order valence-electron chi connectivity index (χ4n) is 6.16. The molecule has 1 N–H and O–H groups in total. The van der Waals surface area contributed by atoms with Crippen LogP contribution < -0.4 is 0 Å². The van der Waals surface area contributed by atoms with Gasteiger partial charge in [0.1, 0.15) is 0 Å². The first-order valence-corrected chi connectivity index (χ1v) is 13.1. The van der Waals surface area contributed by atoms with E-state index in [2.05, 4.69) is 149 Å². The Balaban J connectivity index is 1.50. The van der Waals surface area contributed by atoms with Gasteiger partial charge in [0.15, 0.2) is 0 Å². The lowest BCUT2D eigenvalue weighted by atomic mass is 9.95. The fourth-order valence-corrected chi connectivity index (χ4v) is 6.16. The molecule has 2 heterocycles. The number of H-pyrrole nitrogens is 1. The van der Waals surface area contributed by atoms with E-state index < -0.39 is 0 Å². The van der Waals surface area contributed by atoms with Crippen molar-refractivity contribution in [1.29, 1.82) is 0 Å². The molecule has 2 heteroatoms. The minimum absolute atomic E-state index is 1.17. The third-order valence-corrected chi connectivity index (χ3v) is 7.75. The summed E-state index contributed by atoms with van der Waals surface area (Å²) < 4.78 is 2.44. The zero-order chi connectivity index (χ0) is 25.1. The predicted molar refractivity (Wildman–Crippen MR) is 161 cm³/mol. The first-order valence-electron chi connectivity index (χ1n) is 13.1. The van der Waals surface area contributed by atoms with Crippen molar-refractivity contribution in [3.8, 4) is 27.9 Å². The maximum Gasteiger partial charge on any atom is 0.0547 e. The number of nitrogens with one attached hydrogen (secondary N) is 1. The Hall–Kier alpha value is -5.08. The lowest BCUT2D eigenvalue weighted by molar-refractivity contribution is 1.18. The number of nitrogens with zero attached hydrogens (tertiary/aromatic N) is 1.